The summed E-state index contributed by atoms with van der Waals surface area (Å²) in [4.78, 5) is 13.2. The quantitative estimate of drug-likeness (QED) is 0.678. The molecule has 20 heavy (non-hydrogen) atoms. The second kappa shape index (κ2) is 6.22. The van der Waals surface area contributed by atoms with Crippen molar-refractivity contribution in [3.63, 3.8) is 0 Å². The lowest BCUT2D eigenvalue weighted by molar-refractivity contribution is -0.384. The van der Waals surface area contributed by atoms with Crippen LogP contribution in [-0.4, -0.2) is 29.5 Å². The summed E-state index contributed by atoms with van der Waals surface area (Å²) in [5, 5.41) is 14.1. The second-order valence-electron chi connectivity index (χ2n) is 5.78. The number of benzene rings is 1. The van der Waals surface area contributed by atoms with Crippen LogP contribution in [0.1, 0.15) is 32.3 Å². The molecule has 0 radical (unpaired) electrons. The molecule has 0 aliphatic carbocycles. The first-order chi connectivity index (χ1) is 9.52. The third-order valence-corrected chi connectivity index (χ3v) is 4.20. The number of hydrogen-bond acceptors (Lipinski definition) is 4. The maximum Gasteiger partial charge on any atom is 0.292 e. The van der Waals surface area contributed by atoms with Crippen LogP contribution in [0.25, 0.3) is 0 Å². The molecule has 1 N–H and O–H groups in total. The summed E-state index contributed by atoms with van der Waals surface area (Å²) in [6.07, 6.45) is 2.47. The number of nitro benzene ring substituents is 1. The van der Waals surface area contributed by atoms with E-state index >= 15 is 0 Å². The zero-order valence-electron chi connectivity index (χ0n) is 12.4. The van der Waals surface area contributed by atoms with Crippen molar-refractivity contribution in [2.75, 3.05) is 18.9 Å². The second-order valence-corrected chi connectivity index (χ2v) is 5.78. The number of piperidine rings is 1. The molecule has 0 spiro atoms. The Morgan fingerprint density at radius 1 is 1.40 bits per heavy atom. The average molecular weight is 277 g/mol. The van der Waals surface area contributed by atoms with Crippen LogP contribution in [0.5, 0.6) is 0 Å². The molecule has 5 nitrogen and oxygen atoms in total. The Hall–Kier alpha value is -1.62. The van der Waals surface area contributed by atoms with E-state index in [4.69, 9.17) is 0 Å². The number of para-hydroxylation sites is 1. The van der Waals surface area contributed by atoms with Crippen LogP contribution in [0, 0.1) is 16.0 Å². The molecule has 1 heterocycles. The van der Waals surface area contributed by atoms with Crippen LogP contribution >= 0.6 is 0 Å². The molecular weight excluding hydrogens is 254 g/mol. The summed E-state index contributed by atoms with van der Waals surface area (Å²) < 4.78 is 0. The van der Waals surface area contributed by atoms with Crippen LogP contribution in [-0.2, 0) is 6.54 Å². The van der Waals surface area contributed by atoms with Crippen molar-refractivity contribution >= 4 is 11.4 Å². The van der Waals surface area contributed by atoms with Crippen LogP contribution in [0.2, 0.25) is 0 Å². The molecule has 2 unspecified atom stereocenters. The zero-order chi connectivity index (χ0) is 14.7. The van der Waals surface area contributed by atoms with E-state index in [2.05, 4.69) is 24.1 Å². The van der Waals surface area contributed by atoms with Crippen molar-refractivity contribution in [1.29, 1.82) is 0 Å². The first kappa shape index (κ1) is 14.8. The number of nitrogens with one attached hydrogen (secondary N) is 1. The SMILES string of the molecule is CNc1c(CN2CC(C)CCC2C)cccc1[N+](=O)[O-]. The molecule has 0 amide bonds. The molecular formula is C15H23N3O2. The molecule has 0 aromatic heterocycles. The number of nitrogens with zero attached hydrogens (tertiary/aromatic N) is 2. The van der Waals surface area contributed by atoms with Gasteiger partial charge in [0.05, 0.1) is 4.92 Å². The molecule has 1 aromatic carbocycles. The van der Waals surface area contributed by atoms with Crippen molar-refractivity contribution in [3.05, 3.63) is 33.9 Å². The normalized spacial score (nSPS) is 23.6. The summed E-state index contributed by atoms with van der Waals surface area (Å²) in [5.41, 5.74) is 1.80. The van der Waals surface area contributed by atoms with E-state index in [1.807, 2.05) is 6.07 Å². The van der Waals surface area contributed by atoms with Gasteiger partial charge in [-0.2, -0.15) is 0 Å². The Balaban J connectivity index is 2.24. The van der Waals surface area contributed by atoms with E-state index in [-0.39, 0.29) is 10.6 Å². The molecule has 0 bridgehead atoms. The zero-order valence-corrected chi connectivity index (χ0v) is 12.4. The van der Waals surface area contributed by atoms with E-state index in [1.165, 1.54) is 12.8 Å². The number of likely N-dealkylation sites (tertiary alicyclic amines) is 1. The lowest BCUT2D eigenvalue weighted by Crippen LogP contribution is -2.40. The molecule has 2 rings (SSSR count). The molecule has 0 saturated carbocycles. The number of nitro groups is 1. The fraction of sp³-hybridized carbons (Fsp3) is 0.600. The Morgan fingerprint density at radius 3 is 2.80 bits per heavy atom. The fourth-order valence-electron chi connectivity index (χ4n) is 2.98. The third kappa shape index (κ3) is 3.10. The van der Waals surface area contributed by atoms with Crippen molar-refractivity contribution in [2.24, 2.45) is 5.92 Å². The Morgan fingerprint density at radius 2 is 2.15 bits per heavy atom. The van der Waals surface area contributed by atoms with E-state index in [0.29, 0.717) is 17.6 Å². The van der Waals surface area contributed by atoms with Gasteiger partial charge in [0.1, 0.15) is 5.69 Å². The Kier molecular flexibility index (Phi) is 4.60. The lowest BCUT2D eigenvalue weighted by atomic mass is 9.94. The van der Waals surface area contributed by atoms with Gasteiger partial charge in [0, 0.05) is 32.2 Å². The molecule has 1 aromatic rings. The van der Waals surface area contributed by atoms with Gasteiger partial charge in [-0.15, -0.1) is 0 Å². The topological polar surface area (TPSA) is 58.4 Å². The van der Waals surface area contributed by atoms with E-state index in [9.17, 15) is 10.1 Å². The third-order valence-electron chi connectivity index (χ3n) is 4.20. The van der Waals surface area contributed by atoms with Gasteiger partial charge in [-0.3, -0.25) is 15.0 Å². The van der Waals surface area contributed by atoms with E-state index < -0.39 is 0 Å². The smallest absolute Gasteiger partial charge is 0.292 e. The molecule has 5 heteroatoms. The van der Waals surface area contributed by atoms with Gasteiger partial charge in [-0.25, -0.2) is 0 Å². The van der Waals surface area contributed by atoms with Gasteiger partial charge in [0.25, 0.3) is 5.69 Å². The minimum Gasteiger partial charge on any atom is -0.382 e. The monoisotopic (exact) mass is 277 g/mol. The van der Waals surface area contributed by atoms with Gasteiger partial charge in [-0.1, -0.05) is 19.1 Å². The van der Waals surface area contributed by atoms with Crippen molar-refractivity contribution in [2.45, 2.75) is 39.3 Å². The summed E-state index contributed by atoms with van der Waals surface area (Å²) in [6, 6.07) is 5.84. The fourth-order valence-corrected chi connectivity index (χ4v) is 2.98. The Bertz CT molecular complexity index is 490. The van der Waals surface area contributed by atoms with Crippen molar-refractivity contribution in [3.8, 4) is 0 Å². The lowest BCUT2D eigenvalue weighted by Gasteiger charge is -2.37. The largest absolute Gasteiger partial charge is 0.382 e. The minimum absolute atomic E-state index is 0.155. The van der Waals surface area contributed by atoms with Crippen LogP contribution in [0.15, 0.2) is 18.2 Å². The first-order valence-corrected chi connectivity index (χ1v) is 7.21. The summed E-state index contributed by atoms with van der Waals surface area (Å²) in [6.45, 7) is 6.34. The van der Waals surface area contributed by atoms with Gasteiger partial charge >= 0.3 is 0 Å². The maximum atomic E-state index is 11.1. The summed E-state index contributed by atoms with van der Waals surface area (Å²) in [7, 11) is 1.74. The molecule has 1 aliphatic rings. The van der Waals surface area contributed by atoms with Gasteiger partial charge in [0.15, 0.2) is 0 Å². The summed E-state index contributed by atoms with van der Waals surface area (Å²) in [5.74, 6) is 0.697. The Labute approximate surface area is 120 Å². The molecule has 2 atom stereocenters. The molecule has 110 valence electrons. The summed E-state index contributed by atoms with van der Waals surface area (Å²) >= 11 is 0. The molecule has 1 saturated heterocycles. The van der Waals surface area contributed by atoms with Crippen molar-refractivity contribution < 1.29 is 4.92 Å². The maximum absolute atomic E-state index is 11.1. The van der Waals surface area contributed by atoms with Crippen LogP contribution in [0.3, 0.4) is 0 Å². The highest BCUT2D eigenvalue weighted by Crippen LogP contribution is 2.31. The number of hydrogen-bond donors (Lipinski definition) is 1. The highest BCUT2D eigenvalue weighted by Gasteiger charge is 2.25. The standard InChI is InChI=1S/C15H23N3O2/c1-11-7-8-12(2)17(9-11)10-13-5-4-6-14(18(19)20)15(13)16-3/h4-6,11-12,16H,7-10H2,1-3H3. The predicted molar refractivity (Wildman–Crippen MR) is 80.9 cm³/mol. The van der Waals surface area contributed by atoms with Crippen LogP contribution in [0.4, 0.5) is 11.4 Å². The van der Waals surface area contributed by atoms with Gasteiger partial charge < -0.3 is 5.32 Å². The molecule has 1 aliphatic heterocycles. The van der Waals surface area contributed by atoms with Gasteiger partial charge in [-0.05, 0) is 31.2 Å². The average Bonchev–Trinajstić information content (AvgIpc) is 2.42. The van der Waals surface area contributed by atoms with Crippen LogP contribution < -0.4 is 5.32 Å². The highest BCUT2D eigenvalue weighted by atomic mass is 16.6. The van der Waals surface area contributed by atoms with Gasteiger partial charge in [0.2, 0.25) is 0 Å². The predicted octanol–water partition coefficient (Wildman–Crippen LogP) is 3.26. The molecule has 1 fully saturated rings. The highest BCUT2D eigenvalue weighted by molar-refractivity contribution is 5.66. The van der Waals surface area contributed by atoms with E-state index in [0.717, 1.165) is 18.7 Å². The first-order valence-electron chi connectivity index (χ1n) is 7.21. The van der Waals surface area contributed by atoms with E-state index in [1.54, 1.807) is 19.2 Å². The number of anilines is 1. The van der Waals surface area contributed by atoms with Crippen molar-refractivity contribution in [1.82, 2.24) is 4.90 Å². The number of rotatable bonds is 4. The minimum atomic E-state index is -0.322.